The maximum atomic E-state index is 11.0. The second kappa shape index (κ2) is 6.59. The SMILES string of the molecule is CC(C)c1ccc(NCc2ccc(Cl)cc2[N+](=O)[O-])cc1. The predicted molar refractivity (Wildman–Crippen MR) is 86.0 cm³/mol. The van der Waals surface area contributed by atoms with E-state index in [1.807, 2.05) is 12.1 Å². The highest BCUT2D eigenvalue weighted by Crippen LogP contribution is 2.24. The molecule has 2 aromatic carbocycles. The lowest BCUT2D eigenvalue weighted by Crippen LogP contribution is -2.03. The fourth-order valence-electron chi connectivity index (χ4n) is 2.04. The van der Waals surface area contributed by atoms with Crippen LogP contribution >= 0.6 is 11.6 Å². The van der Waals surface area contributed by atoms with Crippen molar-refractivity contribution in [3.63, 3.8) is 0 Å². The first-order valence-corrected chi connectivity index (χ1v) is 7.12. The van der Waals surface area contributed by atoms with Crippen LogP contribution < -0.4 is 5.32 Å². The molecule has 0 bridgehead atoms. The predicted octanol–water partition coefficient (Wildman–Crippen LogP) is 4.98. The van der Waals surface area contributed by atoms with Gasteiger partial charge in [0.2, 0.25) is 0 Å². The second-order valence-electron chi connectivity index (χ2n) is 5.16. The zero-order valence-corrected chi connectivity index (χ0v) is 12.7. The lowest BCUT2D eigenvalue weighted by molar-refractivity contribution is -0.385. The van der Waals surface area contributed by atoms with Gasteiger partial charge in [0, 0.05) is 28.9 Å². The zero-order chi connectivity index (χ0) is 15.4. The average molecular weight is 305 g/mol. The first-order chi connectivity index (χ1) is 9.97. The molecular weight excluding hydrogens is 288 g/mol. The minimum atomic E-state index is -0.412. The summed E-state index contributed by atoms with van der Waals surface area (Å²) in [5, 5.41) is 14.6. The Morgan fingerprint density at radius 1 is 1.19 bits per heavy atom. The van der Waals surface area contributed by atoms with Gasteiger partial charge in [0.15, 0.2) is 0 Å². The Morgan fingerprint density at radius 2 is 1.86 bits per heavy atom. The quantitative estimate of drug-likeness (QED) is 0.626. The van der Waals surface area contributed by atoms with E-state index in [9.17, 15) is 10.1 Å². The number of nitrogens with one attached hydrogen (secondary N) is 1. The summed E-state index contributed by atoms with van der Waals surface area (Å²) < 4.78 is 0. The first-order valence-electron chi connectivity index (χ1n) is 6.74. The van der Waals surface area contributed by atoms with Gasteiger partial charge < -0.3 is 5.32 Å². The van der Waals surface area contributed by atoms with Gasteiger partial charge in [0.25, 0.3) is 5.69 Å². The molecule has 1 N–H and O–H groups in total. The lowest BCUT2D eigenvalue weighted by atomic mass is 10.0. The molecule has 2 rings (SSSR count). The molecule has 0 aliphatic rings. The number of hydrogen-bond acceptors (Lipinski definition) is 3. The molecule has 0 heterocycles. The number of nitrogens with zero attached hydrogens (tertiary/aromatic N) is 1. The second-order valence-corrected chi connectivity index (χ2v) is 5.60. The van der Waals surface area contributed by atoms with E-state index in [2.05, 4.69) is 31.3 Å². The molecule has 2 aromatic rings. The van der Waals surface area contributed by atoms with Gasteiger partial charge in [-0.25, -0.2) is 0 Å². The van der Waals surface area contributed by atoms with E-state index in [4.69, 9.17) is 11.6 Å². The average Bonchev–Trinajstić information content (AvgIpc) is 2.46. The van der Waals surface area contributed by atoms with Gasteiger partial charge in [0.1, 0.15) is 0 Å². The molecule has 0 aromatic heterocycles. The summed E-state index contributed by atoms with van der Waals surface area (Å²) in [7, 11) is 0. The van der Waals surface area contributed by atoms with Crippen LogP contribution in [-0.2, 0) is 6.54 Å². The highest BCUT2D eigenvalue weighted by molar-refractivity contribution is 6.30. The number of nitro groups is 1. The molecule has 4 nitrogen and oxygen atoms in total. The lowest BCUT2D eigenvalue weighted by Gasteiger charge is -2.10. The Bertz CT molecular complexity index is 639. The minimum absolute atomic E-state index is 0.0359. The van der Waals surface area contributed by atoms with Crippen molar-refractivity contribution in [2.45, 2.75) is 26.3 Å². The third kappa shape index (κ3) is 3.95. The maximum Gasteiger partial charge on any atom is 0.275 e. The van der Waals surface area contributed by atoms with Gasteiger partial charge >= 0.3 is 0 Å². The number of hydrogen-bond donors (Lipinski definition) is 1. The van der Waals surface area contributed by atoms with E-state index in [1.165, 1.54) is 11.6 Å². The standard InChI is InChI=1S/C16H17ClN2O2/c1-11(2)12-4-7-15(8-5-12)18-10-13-3-6-14(17)9-16(13)19(20)21/h3-9,11,18H,10H2,1-2H3. The molecule has 0 spiro atoms. The van der Waals surface area contributed by atoms with Gasteiger partial charge in [-0.3, -0.25) is 10.1 Å². The summed E-state index contributed by atoms with van der Waals surface area (Å²) in [5.74, 6) is 0.483. The van der Waals surface area contributed by atoms with Crippen molar-refractivity contribution in [1.82, 2.24) is 0 Å². The molecule has 0 aliphatic carbocycles. The third-order valence-corrected chi connectivity index (χ3v) is 3.54. The van der Waals surface area contributed by atoms with E-state index < -0.39 is 4.92 Å². The molecule has 0 saturated carbocycles. The van der Waals surface area contributed by atoms with Gasteiger partial charge in [-0.15, -0.1) is 0 Å². The number of nitro benzene ring substituents is 1. The van der Waals surface area contributed by atoms with Crippen LogP contribution in [0.5, 0.6) is 0 Å². The van der Waals surface area contributed by atoms with Crippen molar-refractivity contribution in [3.8, 4) is 0 Å². The van der Waals surface area contributed by atoms with Crippen LogP contribution in [0.25, 0.3) is 0 Å². The Kier molecular flexibility index (Phi) is 4.81. The maximum absolute atomic E-state index is 11.0. The topological polar surface area (TPSA) is 55.2 Å². The fourth-order valence-corrected chi connectivity index (χ4v) is 2.21. The molecule has 0 fully saturated rings. The Hall–Kier alpha value is -2.07. The summed E-state index contributed by atoms with van der Waals surface area (Å²) >= 11 is 5.80. The number of rotatable bonds is 5. The van der Waals surface area contributed by atoms with Crippen LogP contribution in [0.4, 0.5) is 11.4 Å². The Labute approximate surface area is 128 Å². The summed E-state index contributed by atoms with van der Waals surface area (Å²) in [6, 6.07) is 12.8. The molecule has 0 atom stereocenters. The molecule has 0 aliphatic heterocycles. The Balaban J connectivity index is 2.11. The summed E-state index contributed by atoms with van der Waals surface area (Å²) in [5.41, 5.74) is 2.84. The molecule has 0 radical (unpaired) electrons. The number of anilines is 1. The van der Waals surface area contributed by atoms with Crippen LogP contribution in [0.2, 0.25) is 5.02 Å². The van der Waals surface area contributed by atoms with Crippen LogP contribution in [0.15, 0.2) is 42.5 Å². The van der Waals surface area contributed by atoms with E-state index in [0.717, 1.165) is 5.69 Å². The van der Waals surface area contributed by atoms with Crippen LogP contribution in [0.1, 0.15) is 30.9 Å². The first kappa shape index (κ1) is 15.3. The van der Waals surface area contributed by atoms with Crippen LogP contribution in [-0.4, -0.2) is 4.92 Å². The largest absolute Gasteiger partial charge is 0.381 e. The van der Waals surface area contributed by atoms with E-state index >= 15 is 0 Å². The van der Waals surface area contributed by atoms with Crippen molar-refractivity contribution >= 4 is 23.0 Å². The number of halogens is 1. The van der Waals surface area contributed by atoms with Crippen molar-refractivity contribution in [2.75, 3.05) is 5.32 Å². The fraction of sp³-hybridized carbons (Fsp3) is 0.250. The molecular formula is C16H17ClN2O2. The zero-order valence-electron chi connectivity index (χ0n) is 12.0. The van der Waals surface area contributed by atoms with Crippen molar-refractivity contribution in [3.05, 3.63) is 68.7 Å². The highest BCUT2D eigenvalue weighted by Gasteiger charge is 2.13. The van der Waals surface area contributed by atoms with E-state index in [-0.39, 0.29) is 5.69 Å². The van der Waals surface area contributed by atoms with Crippen molar-refractivity contribution in [1.29, 1.82) is 0 Å². The summed E-state index contributed by atoms with van der Waals surface area (Å²) in [4.78, 5) is 10.6. The van der Waals surface area contributed by atoms with Crippen molar-refractivity contribution < 1.29 is 4.92 Å². The van der Waals surface area contributed by atoms with Gasteiger partial charge in [-0.05, 0) is 35.7 Å². The van der Waals surface area contributed by atoms with Crippen LogP contribution in [0.3, 0.4) is 0 Å². The number of benzene rings is 2. The Morgan fingerprint density at radius 3 is 2.43 bits per heavy atom. The van der Waals surface area contributed by atoms with Gasteiger partial charge in [0.05, 0.1) is 4.92 Å². The molecule has 0 amide bonds. The summed E-state index contributed by atoms with van der Waals surface area (Å²) in [6.45, 7) is 4.66. The molecule has 0 unspecified atom stereocenters. The smallest absolute Gasteiger partial charge is 0.275 e. The normalized spacial score (nSPS) is 10.7. The van der Waals surface area contributed by atoms with Crippen LogP contribution in [0, 0.1) is 10.1 Å². The van der Waals surface area contributed by atoms with E-state index in [0.29, 0.717) is 23.0 Å². The molecule has 21 heavy (non-hydrogen) atoms. The van der Waals surface area contributed by atoms with Gasteiger partial charge in [-0.1, -0.05) is 37.6 Å². The van der Waals surface area contributed by atoms with Gasteiger partial charge in [-0.2, -0.15) is 0 Å². The molecule has 110 valence electrons. The highest BCUT2D eigenvalue weighted by atomic mass is 35.5. The molecule has 5 heteroatoms. The summed E-state index contributed by atoms with van der Waals surface area (Å²) in [6.07, 6.45) is 0. The monoisotopic (exact) mass is 304 g/mol. The molecule has 0 saturated heterocycles. The van der Waals surface area contributed by atoms with Crippen molar-refractivity contribution in [2.24, 2.45) is 0 Å². The van der Waals surface area contributed by atoms with E-state index in [1.54, 1.807) is 12.1 Å². The third-order valence-electron chi connectivity index (χ3n) is 3.30. The minimum Gasteiger partial charge on any atom is -0.381 e.